The number of anilines is 1. The molecule has 0 aliphatic heterocycles. The minimum absolute atomic E-state index is 0.0506. The summed E-state index contributed by atoms with van der Waals surface area (Å²) in [5.41, 5.74) is 3.07. The van der Waals surface area contributed by atoms with Gasteiger partial charge in [-0.1, -0.05) is 23.4 Å². The SMILES string of the molecule is COc1ccc(/C(=N\O)C(=O)Nc2c(C)cccc2C)cc1. The summed E-state index contributed by atoms with van der Waals surface area (Å²) in [6, 6.07) is 12.5. The van der Waals surface area contributed by atoms with Crippen molar-refractivity contribution in [1.29, 1.82) is 0 Å². The first kappa shape index (κ1) is 15.6. The summed E-state index contributed by atoms with van der Waals surface area (Å²) in [5.74, 6) is 0.196. The van der Waals surface area contributed by atoms with E-state index >= 15 is 0 Å². The predicted molar refractivity (Wildman–Crippen MR) is 85.9 cm³/mol. The van der Waals surface area contributed by atoms with E-state index in [1.165, 1.54) is 0 Å². The van der Waals surface area contributed by atoms with Crippen LogP contribution in [-0.2, 0) is 4.79 Å². The number of aryl methyl sites for hydroxylation is 2. The molecule has 0 spiro atoms. The van der Waals surface area contributed by atoms with E-state index in [0.29, 0.717) is 11.3 Å². The molecule has 2 aromatic carbocycles. The molecule has 114 valence electrons. The number of hydrogen-bond donors (Lipinski definition) is 2. The minimum atomic E-state index is -0.468. The van der Waals surface area contributed by atoms with Crippen molar-refractivity contribution in [2.75, 3.05) is 12.4 Å². The van der Waals surface area contributed by atoms with E-state index in [1.54, 1.807) is 31.4 Å². The van der Waals surface area contributed by atoms with E-state index in [4.69, 9.17) is 4.74 Å². The van der Waals surface area contributed by atoms with Crippen LogP contribution < -0.4 is 10.1 Å². The van der Waals surface area contributed by atoms with Gasteiger partial charge in [0.25, 0.3) is 5.91 Å². The van der Waals surface area contributed by atoms with Gasteiger partial charge in [-0.2, -0.15) is 0 Å². The fourth-order valence-electron chi connectivity index (χ4n) is 2.17. The number of ether oxygens (including phenoxy) is 1. The van der Waals surface area contributed by atoms with Gasteiger partial charge in [-0.3, -0.25) is 4.79 Å². The highest BCUT2D eigenvalue weighted by atomic mass is 16.5. The van der Waals surface area contributed by atoms with Gasteiger partial charge in [-0.05, 0) is 49.2 Å². The number of amides is 1. The number of oxime groups is 1. The Morgan fingerprint density at radius 1 is 1.09 bits per heavy atom. The average Bonchev–Trinajstić information content (AvgIpc) is 2.52. The number of hydrogen-bond acceptors (Lipinski definition) is 4. The van der Waals surface area contributed by atoms with Crippen molar-refractivity contribution >= 4 is 17.3 Å². The summed E-state index contributed by atoms with van der Waals surface area (Å²) < 4.78 is 5.07. The molecule has 0 radical (unpaired) electrons. The summed E-state index contributed by atoms with van der Waals surface area (Å²) in [6.45, 7) is 3.82. The minimum Gasteiger partial charge on any atom is -0.497 e. The molecule has 0 atom stereocenters. The second kappa shape index (κ2) is 6.76. The summed E-state index contributed by atoms with van der Waals surface area (Å²) >= 11 is 0. The lowest BCUT2D eigenvalue weighted by molar-refractivity contribution is -0.110. The molecule has 0 fully saturated rings. The van der Waals surface area contributed by atoms with Crippen LogP contribution in [0.4, 0.5) is 5.69 Å². The smallest absolute Gasteiger partial charge is 0.278 e. The molecule has 0 saturated carbocycles. The Morgan fingerprint density at radius 2 is 1.68 bits per heavy atom. The van der Waals surface area contributed by atoms with Crippen LogP contribution in [0.2, 0.25) is 0 Å². The third kappa shape index (κ3) is 3.25. The van der Waals surface area contributed by atoms with Gasteiger partial charge in [0.05, 0.1) is 7.11 Å². The first-order valence-electron chi connectivity index (χ1n) is 6.81. The highest BCUT2D eigenvalue weighted by Crippen LogP contribution is 2.20. The average molecular weight is 298 g/mol. The molecule has 0 aliphatic rings. The Labute approximate surface area is 129 Å². The predicted octanol–water partition coefficient (Wildman–Crippen LogP) is 3.13. The Hall–Kier alpha value is -2.82. The number of methoxy groups -OCH3 is 1. The number of nitrogens with zero attached hydrogens (tertiary/aromatic N) is 1. The van der Waals surface area contributed by atoms with Gasteiger partial charge in [0, 0.05) is 11.3 Å². The molecule has 22 heavy (non-hydrogen) atoms. The van der Waals surface area contributed by atoms with E-state index in [-0.39, 0.29) is 5.71 Å². The Bertz CT molecular complexity index is 686. The topological polar surface area (TPSA) is 70.9 Å². The van der Waals surface area contributed by atoms with Gasteiger partial charge in [0.2, 0.25) is 0 Å². The van der Waals surface area contributed by atoms with Crippen molar-refractivity contribution in [2.24, 2.45) is 5.16 Å². The zero-order valence-corrected chi connectivity index (χ0v) is 12.8. The van der Waals surface area contributed by atoms with E-state index < -0.39 is 5.91 Å². The Kier molecular flexibility index (Phi) is 4.78. The molecule has 0 aromatic heterocycles. The van der Waals surface area contributed by atoms with Gasteiger partial charge < -0.3 is 15.3 Å². The van der Waals surface area contributed by atoms with E-state index in [1.807, 2.05) is 32.0 Å². The van der Waals surface area contributed by atoms with Gasteiger partial charge in [0.1, 0.15) is 5.75 Å². The second-order valence-corrected chi connectivity index (χ2v) is 4.90. The molecule has 0 unspecified atom stereocenters. The maximum Gasteiger partial charge on any atom is 0.278 e. The standard InChI is InChI=1S/C17H18N2O3/c1-11-5-4-6-12(2)15(11)18-17(20)16(19-21)13-7-9-14(22-3)10-8-13/h4-10,21H,1-3H3,(H,18,20)/b19-16+. The third-order valence-corrected chi connectivity index (χ3v) is 3.40. The first-order chi connectivity index (χ1) is 10.6. The maximum atomic E-state index is 12.4. The van der Waals surface area contributed by atoms with Crippen LogP contribution in [0, 0.1) is 13.8 Å². The number of nitrogens with one attached hydrogen (secondary N) is 1. The van der Waals surface area contributed by atoms with Crippen LogP contribution in [-0.4, -0.2) is 23.9 Å². The van der Waals surface area contributed by atoms with E-state index in [0.717, 1.165) is 16.8 Å². The monoisotopic (exact) mass is 298 g/mol. The van der Waals surface area contributed by atoms with Gasteiger partial charge in [-0.25, -0.2) is 0 Å². The van der Waals surface area contributed by atoms with Crippen molar-refractivity contribution in [3.63, 3.8) is 0 Å². The number of benzene rings is 2. The van der Waals surface area contributed by atoms with Crippen molar-refractivity contribution in [1.82, 2.24) is 0 Å². The number of carbonyl (C=O) groups excluding carboxylic acids is 1. The van der Waals surface area contributed by atoms with E-state index in [2.05, 4.69) is 10.5 Å². The van der Waals surface area contributed by atoms with Crippen molar-refractivity contribution in [2.45, 2.75) is 13.8 Å². The number of rotatable bonds is 4. The van der Waals surface area contributed by atoms with Crippen LogP contribution in [0.3, 0.4) is 0 Å². The van der Waals surface area contributed by atoms with Gasteiger partial charge in [0.15, 0.2) is 5.71 Å². The highest BCUT2D eigenvalue weighted by molar-refractivity contribution is 6.48. The number of carbonyl (C=O) groups is 1. The van der Waals surface area contributed by atoms with Gasteiger partial charge >= 0.3 is 0 Å². The lowest BCUT2D eigenvalue weighted by Crippen LogP contribution is -2.24. The zero-order valence-electron chi connectivity index (χ0n) is 12.8. The van der Waals surface area contributed by atoms with Crippen LogP contribution in [0.25, 0.3) is 0 Å². The number of para-hydroxylation sites is 1. The normalized spacial score (nSPS) is 11.1. The molecule has 0 aliphatic carbocycles. The molecular weight excluding hydrogens is 280 g/mol. The van der Waals surface area contributed by atoms with Crippen molar-refractivity contribution in [3.05, 3.63) is 59.2 Å². The lowest BCUT2D eigenvalue weighted by Gasteiger charge is -2.12. The fraction of sp³-hybridized carbons (Fsp3) is 0.176. The molecule has 5 nitrogen and oxygen atoms in total. The molecule has 1 amide bonds. The largest absolute Gasteiger partial charge is 0.497 e. The van der Waals surface area contributed by atoms with Crippen LogP contribution in [0.1, 0.15) is 16.7 Å². The third-order valence-electron chi connectivity index (χ3n) is 3.40. The van der Waals surface area contributed by atoms with Crippen molar-refractivity contribution < 1.29 is 14.7 Å². The summed E-state index contributed by atoms with van der Waals surface area (Å²) in [4.78, 5) is 12.4. The van der Waals surface area contributed by atoms with Crippen LogP contribution in [0.5, 0.6) is 5.75 Å². The molecule has 0 heterocycles. The first-order valence-corrected chi connectivity index (χ1v) is 6.81. The molecule has 2 rings (SSSR count). The fourth-order valence-corrected chi connectivity index (χ4v) is 2.17. The molecule has 2 aromatic rings. The quantitative estimate of drug-likeness (QED) is 0.517. The van der Waals surface area contributed by atoms with Gasteiger partial charge in [-0.15, -0.1) is 0 Å². The Morgan fingerprint density at radius 3 is 2.18 bits per heavy atom. The summed E-state index contributed by atoms with van der Waals surface area (Å²) in [6.07, 6.45) is 0. The summed E-state index contributed by atoms with van der Waals surface area (Å²) in [5, 5.41) is 15.1. The lowest BCUT2D eigenvalue weighted by atomic mass is 10.1. The maximum absolute atomic E-state index is 12.4. The second-order valence-electron chi connectivity index (χ2n) is 4.90. The molecular formula is C17H18N2O3. The summed E-state index contributed by atoms with van der Waals surface area (Å²) in [7, 11) is 1.56. The highest BCUT2D eigenvalue weighted by Gasteiger charge is 2.17. The molecule has 0 bridgehead atoms. The van der Waals surface area contributed by atoms with E-state index in [9.17, 15) is 10.0 Å². The van der Waals surface area contributed by atoms with Crippen LogP contribution >= 0.6 is 0 Å². The molecule has 2 N–H and O–H groups in total. The van der Waals surface area contributed by atoms with Crippen molar-refractivity contribution in [3.8, 4) is 5.75 Å². The molecule has 0 saturated heterocycles. The Balaban J connectivity index is 2.26. The zero-order chi connectivity index (χ0) is 16.1. The molecule has 5 heteroatoms. The van der Waals surface area contributed by atoms with Crippen LogP contribution in [0.15, 0.2) is 47.6 Å².